The molecule has 1 fully saturated rings. The Morgan fingerprint density at radius 2 is 2.00 bits per heavy atom. The Balaban J connectivity index is 2.38. The summed E-state index contributed by atoms with van der Waals surface area (Å²) in [5, 5.41) is 12.9. The quantitative estimate of drug-likeness (QED) is 0.739. The summed E-state index contributed by atoms with van der Waals surface area (Å²) >= 11 is 0. The number of ether oxygens (including phenoxy) is 1. The van der Waals surface area contributed by atoms with E-state index in [0.717, 1.165) is 45.4 Å². The molecular formula is C16H32N2O3. The Hall–Kier alpha value is -0.810. The largest absolute Gasteiger partial charge is 0.444 e. The number of nitrogens with zero attached hydrogens (tertiary/aromatic N) is 1. The van der Waals surface area contributed by atoms with Crippen LogP contribution >= 0.6 is 0 Å². The average Bonchev–Trinajstić information content (AvgIpc) is 2.42. The number of aliphatic hydroxyl groups is 1. The van der Waals surface area contributed by atoms with Gasteiger partial charge in [-0.15, -0.1) is 0 Å². The highest BCUT2D eigenvalue weighted by Gasteiger charge is 2.30. The number of hydrogen-bond acceptors (Lipinski definition) is 4. The lowest BCUT2D eigenvalue weighted by atomic mass is 9.83. The summed E-state index contributed by atoms with van der Waals surface area (Å²) in [6.07, 6.45) is 2.70. The fourth-order valence-electron chi connectivity index (χ4n) is 2.82. The molecule has 1 saturated heterocycles. The SMILES string of the molecule is CCNCCC(CO)C1CCN(C(=O)OC(C)(C)C)CC1. The molecule has 124 valence electrons. The monoisotopic (exact) mass is 300 g/mol. The minimum atomic E-state index is -0.437. The van der Waals surface area contributed by atoms with Gasteiger partial charge in [-0.25, -0.2) is 4.79 Å². The molecule has 2 N–H and O–H groups in total. The fourth-order valence-corrected chi connectivity index (χ4v) is 2.82. The van der Waals surface area contributed by atoms with Crippen molar-refractivity contribution in [2.24, 2.45) is 11.8 Å². The van der Waals surface area contributed by atoms with Crippen LogP contribution in [0, 0.1) is 11.8 Å². The van der Waals surface area contributed by atoms with Crippen LogP contribution < -0.4 is 5.32 Å². The Bertz CT molecular complexity index is 307. The molecule has 0 radical (unpaired) electrons. The summed E-state index contributed by atoms with van der Waals surface area (Å²) < 4.78 is 5.41. The topological polar surface area (TPSA) is 61.8 Å². The van der Waals surface area contributed by atoms with Crippen LogP contribution in [0.5, 0.6) is 0 Å². The van der Waals surface area contributed by atoms with Crippen LogP contribution in [0.2, 0.25) is 0 Å². The van der Waals surface area contributed by atoms with Crippen LogP contribution in [0.1, 0.15) is 47.0 Å². The highest BCUT2D eigenvalue weighted by atomic mass is 16.6. The predicted molar refractivity (Wildman–Crippen MR) is 84.3 cm³/mol. The summed E-state index contributed by atoms with van der Waals surface area (Å²) in [5.41, 5.74) is -0.437. The molecule has 0 saturated carbocycles. The van der Waals surface area contributed by atoms with E-state index in [1.165, 1.54) is 0 Å². The molecule has 1 aliphatic heterocycles. The number of amides is 1. The molecule has 5 nitrogen and oxygen atoms in total. The zero-order valence-electron chi connectivity index (χ0n) is 14.0. The molecule has 1 amide bonds. The lowest BCUT2D eigenvalue weighted by Crippen LogP contribution is -2.43. The van der Waals surface area contributed by atoms with Crippen LogP contribution in [0.25, 0.3) is 0 Å². The van der Waals surface area contributed by atoms with Crippen molar-refractivity contribution in [2.45, 2.75) is 52.6 Å². The smallest absolute Gasteiger partial charge is 0.410 e. The molecule has 5 heteroatoms. The molecule has 0 bridgehead atoms. The number of aliphatic hydroxyl groups excluding tert-OH is 1. The predicted octanol–water partition coefficient (Wildman–Crippen LogP) is 2.24. The summed E-state index contributed by atoms with van der Waals surface area (Å²) in [7, 11) is 0. The van der Waals surface area contributed by atoms with Gasteiger partial charge in [-0.2, -0.15) is 0 Å². The molecule has 0 aliphatic carbocycles. The number of carbonyl (C=O) groups is 1. The van der Waals surface area contributed by atoms with E-state index in [1.807, 2.05) is 20.8 Å². The Labute approximate surface area is 129 Å². The van der Waals surface area contributed by atoms with Crippen molar-refractivity contribution in [2.75, 3.05) is 32.8 Å². The zero-order valence-corrected chi connectivity index (χ0v) is 14.0. The second-order valence-electron chi connectivity index (χ2n) is 6.89. The first-order chi connectivity index (χ1) is 9.87. The fraction of sp³-hybridized carbons (Fsp3) is 0.938. The van der Waals surface area contributed by atoms with E-state index < -0.39 is 5.60 Å². The normalized spacial score (nSPS) is 18.6. The van der Waals surface area contributed by atoms with Gasteiger partial charge in [0.2, 0.25) is 0 Å². The lowest BCUT2D eigenvalue weighted by molar-refractivity contribution is 0.0138. The molecule has 0 aromatic heterocycles. The summed E-state index contributed by atoms with van der Waals surface area (Å²) in [5.74, 6) is 0.845. The van der Waals surface area contributed by atoms with E-state index in [-0.39, 0.29) is 12.7 Å². The van der Waals surface area contributed by atoms with Crippen LogP contribution in [0.4, 0.5) is 4.79 Å². The van der Waals surface area contributed by atoms with Crippen LogP contribution in [0.3, 0.4) is 0 Å². The van der Waals surface area contributed by atoms with E-state index in [0.29, 0.717) is 11.8 Å². The standard InChI is InChI=1S/C16H32N2O3/c1-5-17-9-6-14(12-19)13-7-10-18(11-8-13)15(20)21-16(2,3)4/h13-14,17,19H,5-12H2,1-4H3. The van der Waals surface area contributed by atoms with Gasteiger partial charge < -0.3 is 20.1 Å². The molecule has 0 aromatic rings. The molecule has 21 heavy (non-hydrogen) atoms. The molecule has 1 unspecified atom stereocenters. The van der Waals surface area contributed by atoms with E-state index in [9.17, 15) is 9.90 Å². The van der Waals surface area contributed by atoms with Gasteiger partial charge in [0.25, 0.3) is 0 Å². The molecule has 1 atom stereocenters. The number of carbonyl (C=O) groups excluding carboxylic acids is 1. The van der Waals surface area contributed by atoms with Crippen LogP contribution in [-0.4, -0.2) is 54.5 Å². The van der Waals surface area contributed by atoms with Gasteiger partial charge in [0.05, 0.1) is 0 Å². The molecule has 0 aromatic carbocycles. The second kappa shape index (κ2) is 8.59. The minimum absolute atomic E-state index is 0.214. The minimum Gasteiger partial charge on any atom is -0.444 e. The number of piperidine rings is 1. The Kier molecular flexibility index (Phi) is 7.46. The first kappa shape index (κ1) is 18.2. The number of hydrogen-bond donors (Lipinski definition) is 2. The van der Waals surface area contributed by atoms with Crippen LogP contribution in [0.15, 0.2) is 0 Å². The van der Waals surface area contributed by atoms with Gasteiger partial charge in [0.15, 0.2) is 0 Å². The van der Waals surface area contributed by atoms with E-state index >= 15 is 0 Å². The summed E-state index contributed by atoms with van der Waals surface area (Å²) in [6.45, 7) is 11.4. The molecule has 1 rings (SSSR count). The van der Waals surface area contributed by atoms with Crippen molar-refractivity contribution in [1.29, 1.82) is 0 Å². The maximum Gasteiger partial charge on any atom is 0.410 e. The Morgan fingerprint density at radius 3 is 2.48 bits per heavy atom. The third kappa shape index (κ3) is 6.66. The Morgan fingerprint density at radius 1 is 1.38 bits per heavy atom. The zero-order chi connectivity index (χ0) is 15.9. The van der Waals surface area contributed by atoms with Crippen molar-refractivity contribution in [1.82, 2.24) is 10.2 Å². The van der Waals surface area contributed by atoms with Gasteiger partial charge >= 0.3 is 6.09 Å². The maximum absolute atomic E-state index is 12.0. The van der Waals surface area contributed by atoms with Crippen molar-refractivity contribution in [3.63, 3.8) is 0 Å². The van der Waals surface area contributed by atoms with Gasteiger partial charge in [-0.3, -0.25) is 0 Å². The van der Waals surface area contributed by atoms with Crippen molar-refractivity contribution in [3.8, 4) is 0 Å². The van der Waals surface area contributed by atoms with Crippen molar-refractivity contribution in [3.05, 3.63) is 0 Å². The summed E-state index contributed by atoms with van der Waals surface area (Å²) in [6, 6.07) is 0. The average molecular weight is 300 g/mol. The third-order valence-corrected chi connectivity index (χ3v) is 4.03. The molecule has 1 heterocycles. The van der Waals surface area contributed by atoms with Gasteiger partial charge in [-0.05, 0) is 65.0 Å². The van der Waals surface area contributed by atoms with E-state index in [1.54, 1.807) is 4.90 Å². The molecule has 0 spiro atoms. The lowest BCUT2D eigenvalue weighted by Gasteiger charge is -2.36. The van der Waals surface area contributed by atoms with Gasteiger partial charge in [-0.1, -0.05) is 6.92 Å². The molecular weight excluding hydrogens is 268 g/mol. The highest BCUT2D eigenvalue weighted by molar-refractivity contribution is 5.68. The maximum atomic E-state index is 12.0. The second-order valence-corrected chi connectivity index (χ2v) is 6.89. The third-order valence-electron chi connectivity index (χ3n) is 4.03. The number of rotatable bonds is 6. The highest BCUT2D eigenvalue weighted by Crippen LogP contribution is 2.27. The van der Waals surface area contributed by atoms with E-state index in [4.69, 9.17) is 4.74 Å². The molecule has 1 aliphatic rings. The first-order valence-corrected chi connectivity index (χ1v) is 8.17. The number of likely N-dealkylation sites (tertiary alicyclic amines) is 1. The summed E-state index contributed by atoms with van der Waals surface area (Å²) in [4.78, 5) is 13.8. The van der Waals surface area contributed by atoms with Gasteiger partial charge in [0, 0.05) is 19.7 Å². The number of nitrogens with one attached hydrogen (secondary N) is 1. The van der Waals surface area contributed by atoms with Crippen molar-refractivity contribution < 1.29 is 14.6 Å². The van der Waals surface area contributed by atoms with Crippen LogP contribution in [-0.2, 0) is 4.74 Å². The van der Waals surface area contributed by atoms with Crippen molar-refractivity contribution >= 4 is 6.09 Å². The van der Waals surface area contributed by atoms with Gasteiger partial charge in [0.1, 0.15) is 5.60 Å². The first-order valence-electron chi connectivity index (χ1n) is 8.17. The van der Waals surface area contributed by atoms with E-state index in [2.05, 4.69) is 12.2 Å².